The highest BCUT2D eigenvalue weighted by atomic mass is 16.5. The summed E-state index contributed by atoms with van der Waals surface area (Å²) in [6.07, 6.45) is 1.69. The lowest BCUT2D eigenvalue weighted by Gasteiger charge is -2.22. The van der Waals surface area contributed by atoms with E-state index >= 15 is 0 Å². The predicted octanol–water partition coefficient (Wildman–Crippen LogP) is 1.79. The van der Waals surface area contributed by atoms with Gasteiger partial charge in [0.2, 0.25) is 0 Å². The molecule has 114 valence electrons. The van der Waals surface area contributed by atoms with Crippen molar-refractivity contribution >= 4 is 12.0 Å². The quantitative estimate of drug-likeness (QED) is 0.839. The lowest BCUT2D eigenvalue weighted by atomic mass is 10.2. The van der Waals surface area contributed by atoms with Gasteiger partial charge in [0.25, 0.3) is 0 Å². The van der Waals surface area contributed by atoms with E-state index in [0.717, 1.165) is 12.8 Å². The fourth-order valence-electron chi connectivity index (χ4n) is 2.41. The van der Waals surface area contributed by atoms with E-state index in [0.29, 0.717) is 24.5 Å². The molecule has 0 saturated carbocycles. The van der Waals surface area contributed by atoms with Gasteiger partial charge in [-0.25, -0.2) is 9.59 Å². The van der Waals surface area contributed by atoms with Crippen LogP contribution >= 0.6 is 0 Å². The Kier molecular flexibility index (Phi) is 5.03. The number of rotatable bonds is 5. The number of nitrogens with two attached hydrogens (primary N) is 1. The highest BCUT2D eigenvalue weighted by Gasteiger charge is 2.28. The molecule has 1 aliphatic heterocycles. The van der Waals surface area contributed by atoms with Crippen molar-refractivity contribution in [3.05, 3.63) is 29.8 Å². The minimum absolute atomic E-state index is 0.117. The Morgan fingerprint density at radius 2 is 2.05 bits per heavy atom. The number of urea groups is 1. The number of hydrogen-bond donors (Lipinski definition) is 1. The van der Waals surface area contributed by atoms with E-state index in [-0.39, 0.29) is 12.6 Å². The zero-order valence-electron chi connectivity index (χ0n) is 12.1. The Morgan fingerprint density at radius 1 is 1.33 bits per heavy atom. The summed E-state index contributed by atoms with van der Waals surface area (Å²) in [7, 11) is 0. The van der Waals surface area contributed by atoms with Crippen LogP contribution in [0.2, 0.25) is 0 Å². The van der Waals surface area contributed by atoms with E-state index in [2.05, 4.69) is 0 Å². The van der Waals surface area contributed by atoms with Crippen LogP contribution in [0, 0.1) is 0 Å². The van der Waals surface area contributed by atoms with Crippen molar-refractivity contribution in [1.82, 2.24) is 4.90 Å². The average molecular weight is 292 g/mol. The Bertz CT molecular complexity index is 501. The minimum atomic E-state index is -0.463. The number of hydrogen-bond acceptors (Lipinski definition) is 4. The van der Waals surface area contributed by atoms with Crippen molar-refractivity contribution in [1.29, 1.82) is 0 Å². The summed E-state index contributed by atoms with van der Waals surface area (Å²) in [6.45, 7) is 3.28. The van der Waals surface area contributed by atoms with Crippen molar-refractivity contribution in [2.24, 2.45) is 5.73 Å². The van der Waals surface area contributed by atoms with E-state index in [9.17, 15) is 9.59 Å². The third kappa shape index (κ3) is 3.87. The fraction of sp³-hybridized carbons (Fsp3) is 0.467. The highest BCUT2D eigenvalue weighted by molar-refractivity contribution is 5.89. The number of primary amides is 1. The summed E-state index contributed by atoms with van der Waals surface area (Å²) in [5.74, 6) is 0.305. The van der Waals surface area contributed by atoms with Gasteiger partial charge in [0.15, 0.2) is 0 Å². The Morgan fingerprint density at radius 3 is 2.67 bits per heavy atom. The Labute approximate surface area is 123 Å². The van der Waals surface area contributed by atoms with Gasteiger partial charge in [-0.1, -0.05) is 0 Å². The predicted molar refractivity (Wildman–Crippen MR) is 77.2 cm³/mol. The maximum atomic E-state index is 11.9. The SMILES string of the molecule is CCOc1ccc(C(=O)OCC2CCCN2C(N)=O)cc1. The lowest BCUT2D eigenvalue weighted by molar-refractivity contribution is 0.0422. The summed E-state index contributed by atoms with van der Waals surface area (Å²) in [5.41, 5.74) is 5.74. The molecule has 1 aromatic carbocycles. The number of ether oxygens (including phenoxy) is 2. The zero-order chi connectivity index (χ0) is 15.2. The summed E-state index contributed by atoms with van der Waals surface area (Å²) in [4.78, 5) is 24.7. The van der Waals surface area contributed by atoms with E-state index in [1.807, 2.05) is 6.92 Å². The van der Waals surface area contributed by atoms with Crippen molar-refractivity contribution in [3.8, 4) is 5.75 Å². The van der Waals surface area contributed by atoms with Crippen LogP contribution in [0.25, 0.3) is 0 Å². The molecule has 2 N–H and O–H groups in total. The van der Waals surface area contributed by atoms with Crippen molar-refractivity contribution < 1.29 is 19.1 Å². The van der Waals surface area contributed by atoms with E-state index in [1.54, 1.807) is 29.2 Å². The van der Waals surface area contributed by atoms with Crippen LogP contribution < -0.4 is 10.5 Å². The maximum Gasteiger partial charge on any atom is 0.338 e. The van der Waals surface area contributed by atoms with Gasteiger partial charge in [0.1, 0.15) is 12.4 Å². The summed E-state index contributed by atoms with van der Waals surface area (Å²) < 4.78 is 10.6. The second kappa shape index (κ2) is 6.97. The van der Waals surface area contributed by atoms with Crippen LogP contribution in [0.1, 0.15) is 30.1 Å². The molecule has 1 fully saturated rings. The van der Waals surface area contributed by atoms with Gasteiger partial charge >= 0.3 is 12.0 Å². The number of benzene rings is 1. The number of esters is 1. The molecule has 1 aliphatic rings. The second-order valence-electron chi connectivity index (χ2n) is 4.88. The molecule has 0 radical (unpaired) electrons. The molecule has 0 bridgehead atoms. The van der Waals surface area contributed by atoms with Crippen LogP contribution in [0.5, 0.6) is 5.75 Å². The van der Waals surface area contributed by atoms with E-state index in [1.165, 1.54) is 0 Å². The van der Waals surface area contributed by atoms with Gasteiger partial charge in [0, 0.05) is 6.54 Å². The van der Waals surface area contributed by atoms with E-state index in [4.69, 9.17) is 15.2 Å². The molecule has 0 aliphatic carbocycles. The topological polar surface area (TPSA) is 81.9 Å². The highest BCUT2D eigenvalue weighted by Crippen LogP contribution is 2.18. The first-order valence-corrected chi connectivity index (χ1v) is 7.08. The molecule has 1 heterocycles. The number of likely N-dealkylation sites (tertiary alicyclic amines) is 1. The van der Waals surface area contributed by atoms with Crippen LogP contribution in [0.4, 0.5) is 4.79 Å². The van der Waals surface area contributed by atoms with E-state index < -0.39 is 12.0 Å². The van der Waals surface area contributed by atoms with Crippen molar-refractivity contribution in [2.75, 3.05) is 19.8 Å². The van der Waals surface area contributed by atoms with Crippen molar-refractivity contribution in [2.45, 2.75) is 25.8 Å². The van der Waals surface area contributed by atoms with Crippen LogP contribution in [-0.2, 0) is 4.74 Å². The number of carbonyl (C=O) groups excluding carboxylic acids is 2. The largest absolute Gasteiger partial charge is 0.494 e. The standard InChI is InChI=1S/C15H20N2O4/c1-2-20-13-7-5-11(6-8-13)14(18)21-10-12-4-3-9-17(12)15(16)19/h5-8,12H,2-4,9-10H2,1H3,(H2,16,19). The second-order valence-corrected chi connectivity index (χ2v) is 4.88. The summed E-state index contributed by atoms with van der Waals surface area (Å²) in [6, 6.07) is 6.20. The van der Waals surface area contributed by atoms with Crippen LogP contribution in [0.15, 0.2) is 24.3 Å². The first-order valence-electron chi connectivity index (χ1n) is 7.08. The molecule has 1 unspecified atom stereocenters. The number of carbonyl (C=O) groups is 2. The third-order valence-corrected chi connectivity index (χ3v) is 3.47. The molecule has 1 atom stereocenters. The third-order valence-electron chi connectivity index (χ3n) is 3.47. The van der Waals surface area contributed by atoms with Crippen LogP contribution in [-0.4, -0.2) is 42.7 Å². The lowest BCUT2D eigenvalue weighted by Crippen LogP contribution is -2.41. The molecular weight excluding hydrogens is 272 g/mol. The smallest absolute Gasteiger partial charge is 0.338 e. The average Bonchev–Trinajstić information content (AvgIpc) is 2.94. The Hall–Kier alpha value is -2.24. The van der Waals surface area contributed by atoms with Gasteiger partial charge in [0.05, 0.1) is 18.2 Å². The number of amides is 2. The fourth-order valence-corrected chi connectivity index (χ4v) is 2.41. The molecule has 0 aromatic heterocycles. The molecule has 2 rings (SSSR count). The summed E-state index contributed by atoms with van der Waals surface area (Å²) >= 11 is 0. The molecular formula is C15H20N2O4. The molecule has 0 spiro atoms. The summed E-state index contributed by atoms with van der Waals surface area (Å²) in [5, 5.41) is 0. The van der Waals surface area contributed by atoms with Crippen LogP contribution in [0.3, 0.4) is 0 Å². The Balaban J connectivity index is 1.88. The van der Waals surface area contributed by atoms with Crippen molar-refractivity contribution in [3.63, 3.8) is 0 Å². The first-order chi connectivity index (χ1) is 10.1. The molecule has 1 saturated heterocycles. The maximum absolute atomic E-state index is 11.9. The monoisotopic (exact) mass is 292 g/mol. The van der Waals surface area contributed by atoms with Gasteiger partial charge in [-0.15, -0.1) is 0 Å². The first kappa shape index (κ1) is 15.2. The molecule has 6 heteroatoms. The van der Waals surface area contributed by atoms with Gasteiger partial charge in [-0.3, -0.25) is 0 Å². The molecule has 21 heavy (non-hydrogen) atoms. The normalized spacial score (nSPS) is 17.6. The molecule has 6 nitrogen and oxygen atoms in total. The van der Waals surface area contributed by atoms with Gasteiger partial charge in [-0.05, 0) is 44.0 Å². The molecule has 1 aromatic rings. The van der Waals surface area contributed by atoms with Gasteiger partial charge < -0.3 is 20.1 Å². The number of nitrogens with zero attached hydrogens (tertiary/aromatic N) is 1. The molecule has 2 amide bonds. The zero-order valence-corrected chi connectivity index (χ0v) is 12.1. The minimum Gasteiger partial charge on any atom is -0.494 e. The van der Waals surface area contributed by atoms with Gasteiger partial charge in [-0.2, -0.15) is 0 Å².